The summed E-state index contributed by atoms with van der Waals surface area (Å²) in [5.41, 5.74) is 0.118. The predicted molar refractivity (Wildman–Crippen MR) is 64.8 cm³/mol. The molecule has 0 saturated heterocycles. The summed E-state index contributed by atoms with van der Waals surface area (Å²) < 4.78 is 5.79. The third kappa shape index (κ3) is 1.71. The fourth-order valence-electron chi connectivity index (χ4n) is 1.78. The summed E-state index contributed by atoms with van der Waals surface area (Å²) in [7, 11) is 0. The van der Waals surface area contributed by atoms with Gasteiger partial charge in [-0.15, -0.1) is 0 Å². The van der Waals surface area contributed by atoms with E-state index in [9.17, 15) is 14.9 Å². The van der Waals surface area contributed by atoms with E-state index < -0.39 is 5.97 Å². The minimum absolute atomic E-state index is 0.0298. The van der Waals surface area contributed by atoms with Gasteiger partial charge in [0, 0.05) is 11.0 Å². The van der Waals surface area contributed by atoms with E-state index in [1.807, 2.05) is 0 Å². The molecule has 0 fully saturated rings. The van der Waals surface area contributed by atoms with Crippen LogP contribution >= 0.6 is 0 Å². The summed E-state index contributed by atoms with van der Waals surface area (Å²) in [4.78, 5) is 23.8. The number of para-hydroxylation sites is 2. The van der Waals surface area contributed by atoms with Crippen LogP contribution in [0.4, 0.5) is 0 Å². The van der Waals surface area contributed by atoms with Crippen molar-refractivity contribution in [1.82, 2.24) is 4.73 Å². The Balaban J connectivity index is 2.83. The Hall–Kier alpha value is -2.37. The largest absolute Gasteiger partial charge is 0.805 e. The van der Waals surface area contributed by atoms with Crippen LogP contribution in [-0.2, 0) is 4.74 Å². The van der Waals surface area contributed by atoms with Gasteiger partial charge in [0.25, 0.3) is 5.52 Å². The number of ether oxygens (including phenoxy) is 1. The van der Waals surface area contributed by atoms with Crippen molar-refractivity contribution in [3.8, 4) is 0 Å². The molecule has 0 spiro atoms. The fourth-order valence-corrected chi connectivity index (χ4v) is 1.78. The molecule has 1 heterocycles. The molecular weight excluding hydrogens is 236 g/mol. The Kier molecular flexibility index (Phi) is 3.01. The Morgan fingerprint density at radius 1 is 1.44 bits per heavy atom. The van der Waals surface area contributed by atoms with Gasteiger partial charge in [0.05, 0.1) is 16.7 Å². The number of benzene rings is 1. The maximum absolute atomic E-state index is 12.1. The number of aromatic nitrogens is 2. The number of carbonyl (C=O) groups excluding carboxylic acids is 1. The molecule has 1 aromatic carbocycles. The quantitative estimate of drug-likeness (QED) is 0.594. The highest BCUT2D eigenvalue weighted by Gasteiger charge is 2.27. The van der Waals surface area contributed by atoms with Crippen molar-refractivity contribution in [2.45, 2.75) is 13.8 Å². The zero-order valence-corrected chi connectivity index (χ0v) is 10.0. The molecule has 0 N–H and O–H groups in total. The van der Waals surface area contributed by atoms with Crippen LogP contribution in [0.3, 0.4) is 0 Å². The molecule has 0 radical (unpaired) electrons. The number of esters is 1. The summed E-state index contributed by atoms with van der Waals surface area (Å²) in [6.07, 6.45) is 0. The second kappa shape index (κ2) is 4.48. The van der Waals surface area contributed by atoms with Crippen LogP contribution in [0.5, 0.6) is 0 Å². The van der Waals surface area contributed by atoms with Gasteiger partial charge in [0.1, 0.15) is 5.52 Å². The van der Waals surface area contributed by atoms with Gasteiger partial charge in [-0.25, -0.2) is 4.79 Å². The molecule has 18 heavy (non-hydrogen) atoms. The van der Waals surface area contributed by atoms with Gasteiger partial charge in [0.15, 0.2) is 0 Å². The molecular formula is C12H12N2O4. The Labute approximate surface area is 103 Å². The van der Waals surface area contributed by atoms with E-state index >= 15 is 0 Å². The Morgan fingerprint density at radius 3 is 2.78 bits per heavy atom. The normalized spacial score (nSPS) is 10.6. The highest BCUT2D eigenvalue weighted by atomic mass is 16.5. The summed E-state index contributed by atoms with van der Waals surface area (Å²) in [6.45, 7) is 3.19. The van der Waals surface area contributed by atoms with Crippen molar-refractivity contribution in [3.05, 3.63) is 45.8 Å². The van der Waals surface area contributed by atoms with Gasteiger partial charge in [-0.3, -0.25) is 0 Å². The lowest BCUT2D eigenvalue weighted by molar-refractivity contribution is -0.469. The standard InChI is InChI=1S/C12H12N2O4/c1-3-18-12(15)11-8(2)13(16)9-6-4-5-7-10(9)14(11)17/h4-7H,3H2,1-2H3. The zero-order valence-electron chi connectivity index (χ0n) is 10.0. The lowest BCUT2D eigenvalue weighted by atomic mass is 10.2. The number of hydrogen-bond donors (Lipinski definition) is 0. The van der Waals surface area contributed by atoms with Crippen molar-refractivity contribution in [2.24, 2.45) is 0 Å². The molecule has 94 valence electrons. The predicted octanol–water partition coefficient (Wildman–Crippen LogP) is 1.39. The number of rotatable bonds is 2. The van der Waals surface area contributed by atoms with Crippen LogP contribution in [-0.4, -0.2) is 17.3 Å². The van der Waals surface area contributed by atoms with Crippen LogP contribution in [0.1, 0.15) is 23.1 Å². The van der Waals surface area contributed by atoms with E-state index in [1.54, 1.807) is 19.1 Å². The highest BCUT2D eigenvalue weighted by molar-refractivity contribution is 5.88. The van der Waals surface area contributed by atoms with Crippen LogP contribution in [0, 0.1) is 17.0 Å². The summed E-state index contributed by atoms with van der Waals surface area (Å²) in [6, 6.07) is 6.29. The van der Waals surface area contributed by atoms with E-state index in [-0.39, 0.29) is 29.0 Å². The topological polar surface area (TPSA) is 77.3 Å². The van der Waals surface area contributed by atoms with Crippen LogP contribution in [0.2, 0.25) is 0 Å². The van der Waals surface area contributed by atoms with E-state index in [2.05, 4.69) is 0 Å². The molecule has 0 amide bonds. The monoisotopic (exact) mass is 248 g/mol. The molecule has 0 bridgehead atoms. The van der Waals surface area contributed by atoms with Gasteiger partial charge >= 0.3 is 11.7 Å². The molecule has 2 aromatic rings. The first kappa shape index (κ1) is 12.1. The second-order valence-corrected chi connectivity index (χ2v) is 3.73. The van der Waals surface area contributed by atoms with Gasteiger partial charge in [-0.1, -0.05) is 12.1 Å². The molecule has 0 aliphatic rings. The second-order valence-electron chi connectivity index (χ2n) is 3.73. The van der Waals surface area contributed by atoms with Crippen molar-refractivity contribution >= 4 is 17.0 Å². The molecule has 2 rings (SSSR count). The summed E-state index contributed by atoms with van der Waals surface area (Å²) in [5, 5.41) is 12.0. The van der Waals surface area contributed by atoms with Crippen molar-refractivity contribution in [1.29, 1.82) is 0 Å². The van der Waals surface area contributed by atoms with Crippen LogP contribution in [0.15, 0.2) is 24.3 Å². The Bertz CT molecular complexity index is 676. The van der Waals surface area contributed by atoms with Crippen molar-refractivity contribution in [2.75, 3.05) is 6.61 Å². The van der Waals surface area contributed by atoms with Gasteiger partial charge in [-0.05, 0) is 19.9 Å². The number of nitrogens with zero attached hydrogens (tertiary/aromatic N) is 2. The molecule has 1 aromatic heterocycles. The number of carbonyl (C=O) groups is 1. The van der Waals surface area contributed by atoms with E-state index in [0.717, 1.165) is 0 Å². The lowest BCUT2D eigenvalue weighted by Gasteiger charge is -2.15. The average molecular weight is 248 g/mol. The highest BCUT2D eigenvalue weighted by Crippen LogP contribution is 2.13. The SMILES string of the molecule is CCOC(=O)c1c(C)n([O-])c2ccccc2[n+]1=O. The van der Waals surface area contributed by atoms with Crippen molar-refractivity contribution in [3.63, 3.8) is 0 Å². The fraction of sp³-hybridized carbons (Fsp3) is 0.250. The first-order chi connectivity index (χ1) is 8.57. The van der Waals surface area contributed by atoms with Crippen LogP contribution < -0.4 is 4.43 Å². The van der Waals surface area contributed by atoms with Gasteiger partial charge in [0.2, 0.25) is 0 Å². The summed E-state index contributed by atoms with van der Waals surface area (Å²) >= 11 is 0. The molecule has 6 nitrogen and oxygen atoms in total. The molecule has 0 aliphatic carbocycles. The average Bonchev–Trinajstić information content (AvgIpc) is 2.37. The minimum atomic E-state index is -0.791. The zero-order chi connectivity index (χ0) is 13.3. The maximum atomic E-state index is 12.1. The number of fused-ring (bicyclic) bond motifs is 1. The molecule has 6 heteroatoms. The molecule has 0 unspecified atom stereocenters. The third-order valence-electron chi connectivity index (χ3n) is 2.64. The van der Waals surface area contributed by atoms with E-state index in [1.165, 1.54) is 19.1 Å². The molecule has 0 saturated carbocycles. The lowest BCUT2D eigenvalue weighted by Crippen LogP contribution is -2.31. The smallest absolute Gasteiger partial charge is 0.410 e. The minimum Gasteiger partial charge on any atom is -0.805 e. The van der Waals surface area contributed by atoms with E-state index in [4.69, 9.17) is 4.74 Å². The summed E-state index contributed by atoms with van der Waals surface area (Å²) in [5.74, 6) is -0.791. The first-order valence-electron chi connectivity index (χ1n) is 5.49. The van der Waals surface area contributed by atoms with Crippen molar-refractivity contribution < 1.29 is 14.0 Å². The Morgan fingerprint density at radius 2 is 2.11 bits per heavy atom. The number of hydrogen-bond acceptors (Lipinski definition) is 4. The van der Waals surface area contributed by atoms with Gasteiger partial charge < -0.3 is 14.7 Å². The van der Waals surface area contributed by atoms with E-state index in [0.29, 0.717) is 9.16 Å². The molecule has 0 aliphatic heterocycles. The maximum Gasteiger partial charge on any atom is 0.410 e. The van der Waals surface area contributed by atoms with Gasteiger partial charge in [-0.2, -0.15) is 0 Å². The van der Waals surface area contributed by atoms with Crippen LogP contribution in [0.25, 0.3) is 11.0 Å². The first-order valence-corrected chi connectivity index (χ1v) is 5.49. The molecule has 0 atom stereocenters. The third-order valence-corrected chi connectivity index (χ3v) is 2.64.